The first-order valence-corrected chi connectivity index (χ1v) is 7.84. The summed E-state index contributed by atoms with van der Waals surface area (Å²) >= 11 is 1.57. The number of amides is 1. The summed E-state index contributed by atoms with van der Waals surface area (Å²) in [4.78, 5) is 25.8. The fourth-order valence-electron chi connectivity index (χ4n) is 2.18. The smallest absolute Gasteiger partial charge is 0.315 e. The van der Waals surface area contributed by atoms with Crippen molar-refractivity contribution in [3.63, 3.8) is 0 Å². The number of carbonyl (C=O) groups is 2. The number of thiophene rings is 1. The van der Waals surface area contributed by atoms with E-state index in [-0.39, 0.29) is 18.9 Å². The highest BCUT2D eigenvalue weighted by molar-refractivity contribution is 7.12. The number of carboxylic acid groups (broad SMARTS) is 1. The zero-order valence-corrected chi connectivity index (χ0v) is 13.4. The molecule has 0 radical (unpaired) electrons. The molecule has 0 saturated heterocycles. The van der Waals surface area contributed by atoms with Crippen LogP contribution in [-0.2, 0) is 21.4 Å². The summed E-state index contributed by atoms with van der Waals surface area (Å²) in [7, 11) is 0. The standard InChI is InChI=1S/C17H19NO3S/c1-12-8-9-14(22-12)10-15(19)18-11-17(2,16(20)21)13-6-4-3-5-7-13/h3-9H,10-11H2,1-2H3,(H,18,19)(H,20,21). The van der Waals surface area contributed by atoms with Crippen LogP contribution in [0.1, 0.15) is 22.2 Å². The highest BCUT2D eigenvalue weighted by atomic mass is 32.1. The molecule has 0 spiro atoms. The highest BCUT2D eigenvalue weighted by Gasteiger charge is 2.35. The van der Waals surface area contributed by atoms with E-state index in [1.54, 1.807) is 42.5 Å². The molecule has 0 saturated carbocycles. The molecule has 2 aromatic rings. The topological polar surface area (TPSA) is 66.4 Å². The van der Waals surface area contributed by atoms with Gasteiger partial charge in [0.05, 0.1) is 6.42 Å². The summed E-state index contributed by atoms with van der Waals surface area (Å²) in [5.74, 6) is -1.11. The lowest BCUT2D eigenvalue weighted by atomic mass is 9.82. The van der Waals surface area contributed by atoms with E-state index in [0.717, 1.165) is 9.75 Å². The van der Waals surface area contributed by atoms with E-state index in [9.17, 15) is 14.7 Å². The van der Waals surface area contributed by atoms with Crippen molar-refractivity contribution in [1.29, 1.82) is 0 Å². The van der Waals surface area contributed by atoms with Gasteiger partial charge in [-0.25, -0.2) is 0 Å². The zero-order valence-electron chi connectivity index (χ0n) is 12.6. The largest absolute Gasteiger partial charge is 0.481 e. The molecule has 5 heteroatoms. The van der Waals surface area contributed by atoms with Gasteiger partial charge in [-0.2, -0.15) is 0 Å². The maximum atomic E-state index is 12.0. The van der Waals surface area contributed by atoms with Gasteiger partial charge in [-0.3, -0.25) is 9.59 Å². The predicted molar refractivity (Wildman–Crippen MR) is 87.2 cm³/mol. The molecule has 2 rings (SSSR count). The van der Waals surface area contributed by atoms with Gasteiger partial charge in [0.1, 0.15) is 5.41 Å². The van der Waals surface area contributed by atoms with Crippen LogP contribution in [0.2, 0.25) is 0 Å². The van der Waals surface area contributed by atoms with Gasteiger partial charge in [0.2, 0.25) is 5.91 Å². The lowest BCUT2D eigenvalue weighted by Gasteiger charge is -2.25. The maximum absolute atomic E-state index is 12.0. The molecule has 1 aromatic carbocycles. The third kappa shape index (κ3) is 3.74. The first-order valence-electron chi connectivity index (χ1n) is 7.03. The second-order valence-electron chi connectivity index (χ2n) is 5.47. The van der Waals surface area contributed by atoms with Crippen molar-refractivity contribution in [3.05, 3.63) is 57.8 Å². The first-order chi connectivity index (χ1) is 10.4. The molecule has 1 aromatic heterocycles. The van der Waals surface area contributed by atoms with Gasteiger partial charge in [0.15, 0.2) is 0 Å². The van der Waals surface area contributed by atoms with Gasteiger partial charge >= 0.3 is 5.97 Å². The first kappa shape index (κ1) is 16.2. The van der Waals surface area contributed by atoms with Crippen LogP contribution in [0.5, 0.6) is 0 Å². The molecule has 4 nitrogen and oxygen atoms in total. The van der Waals surface area contributed by atoms with Crippen molar-refractivity contribution < 1.29 is 14.7 Å². The molecule has 22 heavy (non-hydrogen) atoms. The SMILES string of the molecule is Cc1ccc(CC(=O)NCC(C)(C(=O)O)c2ccccc2)s1. The van der Waals surface area contributed by atoms with E-state index in [4.69, 9.17) is 0 Å². The van der Waals surface area contributed by atoms with E-state index < -0.39 is 11.4 Å². The molecule has 0 aliphatic heterocycles. The average molecular weight is 317 g/mol. The summed E-state index contributed by atoms with van der Waals surface area (Å²) in [5, 5.41) is 12.3. The number of benzene rings is 1. The van der Waals surface area contributed by atoms with Crippen molar-refractivity contribution in [2.75, 3.05) is 6.54 Å². The normalized spacial score (nSPS) is 13.4. The lowest BCUT2D eigenvalue weighted by Crippen LogP contribution is -2.44. The van der Waals surface area contributed by atoms with Gasteiger partial charge in [-0.05, 0) is 31.5 Å². The van der Waals surface area contributed by atoms with Crippen LogP contribution in [0.4, 0.5) is 0 Å². The molecule has 2 N–H and O–H groups in total. The molecule has 0 aliphatic rings. The van der Waals surface area contributed by atoms with Crippen LogP contribution in [-0.4, -0.2) is 23.5 Å². The Morgan fingerprint density at radius 1 is 1.18 bits per heavy atom. The van der Waals surface area contributed by atoms with Crippen molar-refractivity contribution >= 4 is 23.2 Å². The Balaban J connectivity index is 2.03. The molecule has 0 bridgehead atoms. The summed E-state index contributed by atoms with van der Waals surface area (Å²) < 4.78 is 0. The molecule has 1 atom stereocenters. The van der Waals surface area contributed by atoms with E-state index in [2.05, 4.69) is 5.32 Å². The predicted octanol–water partition coefficient (Wildman–Crippen LogP) is 2.76. The Morgan fingerprint density at radius 2 is 1.86 bits per heavy atom. The van der Waals surface area contributed by atoms with E-state index >= 15 is 0 Å². The number of aliphatic carboxylic acids is 1. The minimum Gasteiger partial charge on any atom is -0.481 e. The number of carbonyl (C=O) groups excluding carboxylic acids is 1. The number of aryl methyl sites for hydroxylation is 1. The Bertz CT molecular complexity index is 666. The maximum Gasteiger partial charge on any atom is 0.315 e. The Hall–Kier alpha value is -2.14. The Labute approximate surface area is 133 Å². The van der Waals surface area contributed by atoms with Crippen molar-refractivity contribution in [1.82, 2.24) is 5.32 Å². The highest BCUT2D eigenvalue weighted by Crippen LogP contribution is 2.23. The third-order valence-electron chi connectivity index (χ3n) is 3.65. The van der Waals surface area contributed by atoms with Crippen LogP contribution in [0, 0.1) is 6.92 Å². The number of nitrogens with one attached hydrogen (secondary N) is 1. The van der Waals surface area contributed by atoms with Crippen LogP contribution < -0.4 is 5.32 Å². The molecule has 0 aliphatic carbocycles. The van der Waals surface area contributed by atoms with Gasteiger partial charge in [-0.15, -0.1) is 11.3 Å². The Kier molecular flexibility index (Phi) is 4.98. The minimum absolute atomic E-state index is 0.0650. The van der Waals surface area contributed by atoms with Gasteiger partial charge < -0.3 is 10.4 Å². The summed E-state index contributed by atoms with van der Waals surface area (Å²) in [5.41, 5.74) is -0.461. The van der Waals surface area contributed by atoms with Crippen molar-refractivity contribution in [2.45, 2.75) is 25.7 Å². The van der Waals surface area contributed by atoms with Crippen LogP contribution in [0.3, 0.4) is 0 Å². The van der Waals surface area contributed by atoms with Crippen LogP contribution in [0.15, 0.2) is 42.5 Å². The quantitative estimate of drug-likeness (QED) is 0.861. The number of rotatable bonds is 6. The van der Waals surface area contributed by atoms with Crippen molar-refractivity contribution in [3.8, 4) is 0 Å². The number of carboxylic acids is 1. The second-order valence-corrected chi connectivity index (χ2v) is 6.84. The molecule has 116 valence electrons. The fourth-order valence-corrected chi connectivity index (χ4v) is 3.07. The van der Waals surface area contributed by atoms with E-state index in [1.807, 2.05) is 25.1 Å². The third-order valence-corrected chi connectivity index (χ3v) is 4.65. The minimum atomic E-state index is -1.14. The number of hydrogen-bond acceptors (Lipinski definition) is 3. The zero-order chi connectivity index (χ0) is 16.2. The van der Waals surface area contributed by atoms with E-state index in [1.165, 1.54) is 0 Å². The lowest BCUT2D eigenvalue weighted by molar-refractivity contribution is -0.143. The van der Waals surface area contributed by atoms with Crippen molar-refractivity contribution in [2.24, 2.45) is 0 Å². The summed E-state index contributed by atoms with van der Waals surface area (Å²) in [6, 6.07) is 12.9. The van der Waals surface area contributed by atoms with Crippen LogP contribution in [0.25, 0.3) is 0 Å². The van der Waals surface area contributed by atoms with Crippen LogP contribution >= 0.6 is 11.3 Å². The summed E-state index contributed by atoms with van der Waals surface area (Å²) in [6.45, 7) is 3.68. The van der Waals surface area contributed by atoms with Gasteiger partial charge in [0.25, 0.3) is 0 Å². The second kappa shape index (κ2) is 6.75. The molecule has 1 amide bonds. The molecular formula is C17H19NO3S. The monoisotopic (exact) mass is 317 g/mol. The molecular weight excluding hydrogens is 298 g/mol. The molecule has 1 unspecified atom stereocenters. The van der Waals surface area contributed by atoms with E-state index in [0.29, 0.717) is 5.56 Å². The average Bonchev–Trinajstić information content (AvgIpc) is 2.90. The Morgan fingerprint density at radius 3 is 2.41 bits per heavy atom. The number of hydrogen-bond donors (Lipinski definition) is 2. The fraction of sp³-hybridized carbons (Fsp3) is 0.294. The van der Waals surface area contributed by atoms with Gasteiger partial charge in [-0.1, -0.05) is 30.3 Å². The molecule has 0 fully saturated rings. The molecule has 1 heterocycles. The van der Waals surface area contributed by atoms with Gasteiger partial charge in [0, 0.05) is 16.3 Å². The summed E-state index contributed by atoms with van der Waals surface area (Å²) in [6.07, 6.45) is 0.281.